The molecule has 6 heteroatoms. The summed E-state index contributed by atoms with van der Waals surface area (Å²) < 4.78 is 1.23. The van der Waals surface area contributed by atoms with Crippen molar-refractivity contribution in [3.05, 3.63) is 33.4 Å². The molecule has 0 aromatic heterocycles. The largest absolute Gasteiger partial charge is 0.480 e. The van der Waals surface area contributed by atoms with E-state index in [0.717, 1.165) is 37.2 Å². The van der Waals surface area contributed by atoms with Gasteiger partial charge in [0.1, 0.15) is 6.04 Å². The number of benzene rings is 1. The van der Waals surface area contributed by atoms with E-state index in [1.54, 1.807) is 0 Å². The zero-order chi connectivity index (χ0) is 15.7. The molecule has 0 amide bonds. The Hall–Kier alpha value is -0.730. The van der Waals surface area contributed by atoms with Crippen molar-refractivity contribution in [1.29, 1.82) is 0 Å². The van der Waals surface area contributed by atoms with Crippen LogP contribution < -0.4 is 11.1 Å². The summed E-state index contributed by atoms with van der Waals surface area (Å²) in [5.74, 6) is -0.934. The number of nitrogens with one attached hydrogen (secondary N) is 1. The van der Waals surface area contributed by atoms with Crippen molar-refractivity contribution in [2.24, 2.45) is 5.73 Å². The first-order valence-electron chi connectivity index (χ1n) is 6.98. The van der Waals surface area contributed by atoms with Crippen molar-refractivity contribution in [2.45, 2.75) is 38.1 Å². The second-order valence-corrected chi connectivity index (χ2v) is 6.66. The van der Waals surface area contributed by atoms with Crippen LogP contribution in [0.2, 0.25) is 0 Å². The normalized spacial score (nSPS) is 11.9. The van der Waals surface area contributed by atoms with Gasteiger partial charge in [0.2, 0.25) is 0 Å². The topological polar surface area (TPSA) is 75.3 Å². The third-order valence-corrected chi connectivity index (χ3v) is 4.20. The quantitative estimate of drug-likeness (QED) is 0.327. The summed E-state index contributed by atoms with van der Waals surface area (Å²) >= 11 is 7.58. The lowest BCUT2D eigenvalue weighted by molar-refractivity contribution is -0.138. The SMILES string of the molecule is N[C@@H](CCCCNC(=S)CCc1ccc([124I])cc1)C(=O)O. The molecule has 1 rings (SSSR count). The second kappa shape index (κ2) is 10.1. The van der Waals surface area contributed by atoms with Gasteiger partial charge in [-0.3, -0.25) is 4.79 Å². The summed E-state index contributed by atoms with van der Waals surface area (Å²) in [4.78, 5) is 11.4. The van der Waals surface area contributed by atoms with Crippen molar-refractivity contribution in [3.63, 3.8) is 0 Å². The lowest BCUT2D eigenvalue weighted by atomic mass is 10.1. The number of aryl methyl sites for hydroxylation is 1. The van der Waals surface area contributed by atoms with E-state index in [2.05, 4.69) is 52.2 Å². The summed E-state index contributed by atoms with van der Waals surface area (Å²) in [5, 5.41) is 11.9. The van der Waals surface area contributed by atoms with E-state index >= 15 is 0 Å². The van der Waals surface area contributed by atoms with E-state index in [1.807, 2.05) is 0 Å². The molecule has 0 aliphatic carbocycles. The average Bonchev–Trinajstić information content (AvgIpc) is 2.46. The summed E-state index contributed by atoms with van der Waals surface area (Å²) in [6, 6.07) is 7.68. The predicted octanol–water partition coefficient (Wildman–Crippen LogP) is 2.72. The monoisotopic (exact) mass is 417 g/mol. The maximum atomic E-state index is 10.6. The number of carbonyl (C=O) groups is 1. The number of rotatable bonds is 9. The van der Waals surface area contributed by atoms with Crippen molar-refractivity contribution in [2.75, 3.05) is 6.54 Å². The van der Waals surface area contributed by atoms with Crippen molar-refractivity contribution in [3.8, 4) is 0 Å². The van der Waals surface area contributed by atoms with Gasteiger partial charge in [0.25, 0.3) is 0 Å². The van der Waals surface area contributed by atoms with Crippen LogP contribution in [0.5, 0.6) is 0 Å². The number of nitrogens with two attached hydrogens (primary N) is 1. The lowest BCUT2D eigenvalue weighted by Gasteiger charge is -2.09. The summed E-state index contributed by atoms with van der Waals surface area (Å²) in [6.07, 6.45) is 3.95. The fourth-order valence-electron chi connectivity index (χ4n) is 1.84. The first-order valence-corrected chi connectivity index (χ1v) is 8.47. The molecule has 0 saturated heterocycles. The fraction of sp³-hybridized carbons (Fsp3) is 0.467. The van der Waals surface area contributed by atoms with E-state index in [1.165, 1.54) is 9.13 Å². The minimum atomic E-state index is -0.934. The van der Waals surface area contributed by atoms with Crippen LogP contribution in [0.25, 0.3) is 0 Å². The molecule has 1 atom stereocenters. The van der Waals surface area contributed by atoms with Crippen LogP contribution in [0, 0.1) is 3.57 Å². The van der Waals surface area contributed by atoms with Gasteiger partial charge < -0.3 is 16.2 Å². The highest BCUT2D eigenvalue weighted by Crippen LogP contribution is 2.08. The zero-order valence-electron chi connectivity index (χ0n) is 11.8. The molecule has 0 fully saturated rings. The number of hydrogen-bond donors (Lipinski definition) is 3. The molecular weight excluding hydrogens is 396 g/mol. The Labute approximate surface area is 144 Å². The summed E-state index contributed by atoms with van der Waals surface area (Å²) in [5.41, 5.74) is 6.72. The molecule has 0 spiro atoms. The van der Waals surface area contributed by atoms with Gasteiger partial charge in [0, 0.05) is 16.5 Å². The van der Waals surface area contributed by atoms with Crippen LogP contribution in [0.1, 0.15) is 31.2 Å². The van der Waals surface area contributed by atoms with Crippen LogP contribution in [0.3, 0.4) is 0 Å². The van der Waals surface area contributed by atoms with Gasteiger partial charge in [0.05, 0.1) is 4.99 Å². The Balaban J connectivity index is 2.09. The van der Waals surface area contributed by atoms with Gasteiger partial charge in [-0.15, -0.1) is 0 Å². The van der Waals surface area contributed by atoms with Crippen molar-refractivity contribution >= 4 is 45.8 Å². The fourth-order valence-corrected chi connectivity index (χ4v) is 2.40. The molecule has 116 valence electrons. The number of carboxylic acids is 1. The average molecular weight is 417 g/mol. The Morgan fingerprint density at radius 1 is 1.33 bits per heavy atom. The Morgan fingerprint density at radius 2 is 2.00 bits per heavy atom. The molecule has 4 nitrogen and oxygen atoms in total. The Bertz CT molecular complexity index is 465. The number of halogens is 1. The van der Waals surface area contributed by atoms with Crippen molar-refractivity contribution in [1.82, 2.24) is 5.32 Å². The molecule has 21 heavy (non-hydrogen) atoms. The van der Waals surface area contributed by atoms with Gasteiger partial charge in [-0.2, -0.15) is 0 Å². The minimum absolute atomic E-state index is 0.506. The third-order valence-electron chi connectivity index (χ3n) is 3.14. The molecule has 0 heterocycles. The maximum Gasteiger partial charge on any atom is 0.320 e. The van der Waals surface area contributed by atoms with Gasteiger partial charge in [0.15, 0.2) is 0 Å². The standard InChI is InChI=1S/C15H21IN2O2S/c16-12-7-4-11(5-8-12)6-9-14(21)18-10-2-1-3-13(17)15(19)20/h4-5,7-8,13H,1-3,6,9-10,17H2,(H,18,21)(H,19,20)/t13-/m0/s1/i16-3. The third kappa shape index (κ3) is 8.33. The van der Waals surface area contributed by atoms with E-state index in [0.29, 0.717) is 6.42 Å². The lowest BCUT2D eigenvalue weighted by Crippen LogP contribution is -2.30. The van der Waals surface area contributed by atoms with Gasteiger partial charge in [-0.1, -0.05) is 24.4 Å². The van der Waals surface area contributed by atoms with Crippen molar-refractivity contribution < 1.29 is 9.90 Å². The maximum absolute atomic E-state index is 10.6. The van der Waals surface area contributed by atoms with E-state index in [9.17, 15) is 4.79 Å². The zero-order valence-corrected chi connectivity index (χ0v) is 14.8. The smallest absolute Gasteiger partial charge is 0.320 e. The molecule has 4 N–H and O–H groups in total. The van der Waals surface area contributed by atoms with E-state index < -0.39 is 12.0 Å². The van der Waals surface area contributed by atoms with Gasteiger partial charge in [-0.05, 0) is 66.0 Å². The number of thiocarbonyl (C=S) groups is 1. The molecule has 0 saturated carbocycles. The number of aliphatic carboxylic acids is 1. The highest BCUT2D eigenvalue weighted by molar-refractivity contribution is 14.1. The summed E-state index contributed by atoms with van der Waals surface area (Å²) in [7, 11) is 0. The minimum Gasteiger partial charge on any atom is -0.480 e. The molecule has 0 aliphatic heterocycles. The molecule has 0 bridgehead atoms. The highest BCUT2D eigenvalue weighted by atomic mass is 124. The predicted molar refractivity (Wildman–Crippen MR) is 97.5 cm³/mol. The molecule has 1 aromatic carbocycles. The van der Waals surface area contributed by atoms with Gasteiger partial charge >= 0.3 is 5.97 Å². The molecule has 0 radical (unpaired) electrons. The molecular formula is C15H21IN2O2S. The summed E-state index contributed by atoms with van der Waals surface area (Å²) in [6.45, 7) is 0.776. The van der Waals surface area contributed by atoms with Crippen LogP contribution in [0.4, 0.5) is 0 Å². The van der Waals surface area contributed by atoms with Crippen LogP contribution in [0.15, 0.2) is 24.3 Å². The molecule has 1 aromatic rings. The number of unbranched alkanes of at least 4 members (excludes halogenated alkanes) is 1. The first kappa shape index (κ1) is 18.3. The van der Waals surface area contributed by atoms with Crippen LogP contribution in [-0.4, -0.2) is 28.7 Å². The van der Waals surface area contributed by atoms with Gasteiger partial charge in [-0.25, -0.2) is 0 Å². The van der Waals surface area contributed by atoms with E-state index in [4.69, 9.17) is 23.1 Å². The number of hydrogen-bond acceptors (Lipinski definition) is 3. The second-order valence-electron chi connectivity index (χ2n) is 4.92. The Kier molecular flexibility index (Phi) is 8.79. The highest BCUT2D eigenvalue weighted by Gasteiger charge is 2.09. The number of carboxylic acid groups (broad SMARTS) is 1. The molecule has 0 unspecified atom stereocenters. The van der Waals surface area contributed by atoms with E-state index in [-0.39, 0.29) is 0 Å². The Morgan fingerprint density at radius 3 is 2.62 bits per heavy atom. The van der Waals surface area contributed by atoms with Crippen LogP contribution >= 0.6 is 34.8 Å². The van der Waals surface area contributed by atoms with Crippen LogP contribution in [-0.2, 0) is 11.2 Å². The first-order chi connectivity index (χ1) is 9.99. The molecule has 0 aliphatic rings.